The SMILES string of the molecule is CCN1C[C@@H](C(=O)N2CCN(C)C[C@H]2c2ccccc2)CC1=O. The van der Waals surface area contributed by atoms with Crippen LogP contribution in [0, 0.1) is 5.92 Å². The molecule has 124 valence electrons. The van der Waals surface area contributed by atoms with Gasteiger partial charge in [-0.2, -0.15) is 0 Å². The summed E-state index contributed by atoms with van der Waals surface area (Å²) in [5, 5.41) is 0. The zero-order valence-corrected chi connectivity index (χ0v) is 13.9. The lowest BCUT2D eigenvalue weighted by atomic mass is 9.99. The van der Waals surface area contributed by atoms with Crippen molar-refractivity contribution in [1.29, 1.82) is 0 Å². The number of benzene rings is 1. The molecule has 0 aliphatic carbocycles. The van der Waals surface area contributed by atoms with E-state index < -0.39 is 0 Å². The van der Waals surface area contributed by atoms with Crippen molar-refractivity contribution >= 4 is 11.8 Å². The van der Waals surface area contributed by atoms with E-state index in [1.807, 2.05) is 30.0 Å². The van der Waals surface area contributed by atoms with E-state index in [9.17, 15) is 9.59 Å². The minimum absolute atomic E-state index is 0.0771. The Bertz CT molecular complexity index is 575. The number of carbonyl (C=O) groups excluding carboxylic acids is 2. The highest BCUT2D eigenvalue weighted by molar-refractivity contribution is 5.89. The van der Waals surface area contributed by atoms with Crippen molar-refractivity contribution in [2.75, 3.05) is 39.8 Å². The lowest BCUT2D eigenvalue weighted by Gasteiger charge is -2.41. The van der Waals surface area contributed by atoms with E-state index in [0.29, 0.717) is 19.5 Å². The van der Waals surface area contributed by atoms with Gasteiger partial charge in [0.25, 0.3) is 0 Å². The lowest BCUT2D eigenvalue weighted by molar-refractivity contribution is -0.140. The first-order valence-corrected chi connectivity index (χ1v) is 8.42. The van der Waals surface area contributed by atoms with Gasteiger partial charge < -0.3 is 14.7 Å². The van der Waals surface area contributed by atoms with Gasteiger partial charge in [-0.05, 0) is 19.5 Å². The molecule has 0 unspecified atom stereocenters. The van der Waals surface area contributed by atoms with Crippen molar-refractivity contribution in [2.24, 2.45) is 5.92 Å². The fourth-order valence-corrected chi connectivity index (χ4v) is 3.62. The minimum atomic E-state index is -0.183. The van der Waals surface area contributed by atoms with Gasteiger partial charge in [0.05, 0.1) is 12.0 Å². The molecule has 1 aromatic rings. The van der Waals surface area contributed by atoms with E-state index in [2.05, 4.69) is 24.1 Å². The highest BCUT2D eigenvalue weighted by atomic mass is 16.2. The van der Waals surface area contributed by atoms with Gasteiger partial charge in [-0.15, -0.1) is 0 Å². The van der Waals surface area contributed by atoms with Crippen LogP contribution >= 0.6 is 0 Å². The minimum Gasteiger partial charge on any atom is -0.342 e. The highest BCUT2D eigenvalue weighted by Crippen LogP contribution is 2.29. The van der Waals surface area contributed by atoms with Gasteiger partial charge in [-0.3, -0.25) is 9.59 Å². The summed E-state index contributed by atoms with van der Waals surface area (Å²) in [5.41, 5.74) is 1.17. The van der Waals surface area contributed by atoms with Crippen LogP contribution in [0.2, 0.25) is 0 Å². The Kier molecular flexibility index (Phi) is 4.66. The number of carbonyl (C=O) groups is 2. The molecule has 3 rings (SSSR count). The molecule has 2 amide bonds. The molecule has 5 nitrogen and oxygen atoms in total. The monoisotopic (exact) mass is 315 g/mol. The van der Waals surface area contributed by atoms with E-state index >= 15 is 0 Å². The molecule has 0 aromatic heterocycles. The van der Waals surface area contributed by atoms with E-state index in [1.54, 1.807) is 4.90 Å². The van der Waals surface area contributed by atoms with Crippen LogP contribution in [0.15, 0.2) is 30.3 Å². The lowest BCUT2D eigenvalue weighted by Crippen LogP contribution is -2.51. The number of rotatable bonds is 3. The van der Waals surface area contributed by atoms with Crippen molar-refractivity contribution in [2.45, 2.75) is 19.4 Å². The summed E-state index contributed by atoms with van der Waals surface area (Å²) < 4.78 is 0. The Balaban J connectivity index is 1.79. The van der Waals surface area contributed by atoms with E-state index in [4.69, 9.17) is 0 Å². The molecule has 23 heavy (non-hydrogen) atoms. The number of likely N-dealkylation sites (N-methyl/N-ethyl adjacent to an activating group) is 1. The zero-order chi connectivity index (χ0) is 16.4. The molecule has 1 aromatic carbocycles. The Hall–Kier alpha value is -1.88. The fraction of sp³-hybridized carbons (Fsp3) is 0.556. The third-order valence-electron chi connectivity index (χ3n) is 5.00. The highest BCUT2D eigenvalue weighted by Gasteiger charge is 2.39. The number of hydrogen-bond donors (Lipinski definition) is 0. The average molecular weight is 315 g/mol. The third-order valence-corrected chi connectivity index (χ3v) is 5.00. The smallest absolute Gasteiger partial charge is 0.228 e. The summed E-state index contributed by atoms with van der Waals surface area (Å²) in [7, 11) is 2.09. The normalized spacial score (nSPS) is 25.9. The fourth-order valence-electron chi connectivity index (χ4n) is 3.62. The summed E-state index contributed by atoms with van der Waals surface area (Å²) >= 11 is 0. The maximum atomic E-state index is 13.0. The van der Waals surface area contributed by atoms with Crippen molar-refractivity contribution < 1.29 is 9.59 Å². The van der Waals surface area contributed by atoms with Gasteiger partial charge in [-0.1, -0.05) is 30.3 Å². The Morgan fingerprint density at radius 1 is 1.17 bits per heavy atom. The summed E-state index contributed by atoms with van der Waals surface area (Å²) in [6.45, 7) is 5.68. The predicted molar refractivity (Wildman–Crippen MR) is 88.8 cm³/mol. The Morgan fingerprint density at radius 3 is 2.57 bits per heavy atom. The van der Waals surface area contributed by atoms with Crippen molar-refractivity contribution in [3.8, 4) is 0 Å². The summed E-state index contributed by atoms with van der Waals surface area (Å²) in [6, 6.07) is 10.3. The van der Waals surface area contributed by atoms with Gasteiger partial charge in [0.1, 0.15) is 0 Å². The molecule has 2 aliphatic heterocycles. The van der Waals surface area contributed by atoms with Crippen LogP contribution in [0.1, 0.15) is 24.9 Å². The van der Waals surface area contributed by atoms with Crippen LogP contribution < -0.4 is 0 Å². The molecule has 0 N–H and O–H groups in total. The summed E-state index contributed by atoms with van der Waals surface area (Å²) in [6.07, 6.45) is 0.362. The number of nitrogens with zero attached hydrogens (tertiary/aromatic N) is 3. The quantitative estimate of drug-likeness (QED) is 0.846. The molecule has 2 saturated heterocycles. The van der Waals surface area contributed by atoms with Gasteiger partial charge in [0.2, 0.25) is 11.8 Å². The van der Waals surface area contributed by atoms with Gasteiger partial charge in [0, 0.05) is 39.1 Å². The van der Waals surface area contributed by atoms with Crippen molar-refractivity contribution in [1.82, 2.24) is 14.7 Å². The number of amides is 2. The molecular formula is C18H25N3O2. The van der Waals surface area contributed by atoms with Gasteiger partial charge in [-0.25, -0.2) is 0 Å². The molecule has 0 spiro atoms. The van der Waals surface area contributed by atoms with E-state index in [-0.39, 0.29) is 23.8 Å². The van der Waals surface area contributed by atoms with E-state index in [0.717, 1.165) is 19.6 Å². The van der Waals surface area contributed by atoms with Gasteiger partial charge >= 0.3 is 0 Å². The molecule has 0 bridgehead atoms. The standard InChI is InChI=1S/C18H25N3O2/c1-3-20-12-15(11-17(20)22)18(23)21-10-9-19(2)13-16(21)14-7-5-4-6-8-14/h4-8,15-16H,3,9-13H2,1-2H3/t15-,16-/m0/s1. The molecule has 5 heteroatoms. The van der Waals surface area contributed by atoms with E-state index in [1.165, 1.54) is 5.56 Å². The van der Waals surface area contributed by atoms with Crippen molar-refractivity contribution in [3.63, 3.8) is 0 Å². The topological polar surface area (TPSA) is 43.9 Å². The summed E-state index contributed by atoms with van der Waals surface area (Å²) in [4.78, 5) is 31.0. The average Bonchev–Trinajstić information content (AvgIpc) is 2.96. The maximum absolute atomic E-state index is 13.0. The Labute approximate surface area is 137 Å². The second-order valence-electron chi connectivity index (χ2n) is 6.55. The molecule has 2 atom stereocenters. The molecule has 2 heterocycles. The van der Waals surface area contributed by atoms with Gasteiger partial charge in [0.15, 0.2) is 0 Å². The zero-order valence-electron chi connectivity index (χ0n) is 13.9. The molecule has 2 fully saturated rings. The number of likely N-dealkylation sites (tertiary alicyclic amines) is 1. The molecule has 0 saturated carbocycles. The van der Waals surface area contributed by atoms with Crippen LogP contribution in [-0.2, 0) is 9.59 Å². The Morgan fingerprint density at radius 2 is 1.91 bits per heavy atom. The second-order valence-corrected chi connectivity index (χ2v) is 6.55. The largest absolute Gasteiger partial charge is 0.342 e. The predicted octanol–water partition coefficient (Wildman–Crippen LogP) is 1.37. The van der Waals surface area contributed by atoms with Crippen LogP contribution in [0.3, 0.4) is 0 Å². The number of piperazine rings is 1. The molecule has 2 aliphatic rings. The maximum Gasteiger partial charge on any atom is 0.228 e. The van der Waals surface area contributed by atoms with Crippen LogP contribution in [0.5, 0.6) is 0 Å². The first-order chi connectivity index (χ1) is 11.1. The van der Waals surface area contributed by atoms with Crippen LogP contribution in [0.25, 0.3) is 0 Å². The summed E-state index contributed by atoms with van der Waals surface area (Å²) in [5.74, 6) is 0.0598. The molecular weight excluding hydrogens is 290 g/mol. The molecule has 0 radical (unpaired) electrons. The second kappa shape index (κ2) is 6.71. The van der Waals surface area contributed by atoms with Crippen LogP contribution in [-0.4, -0.2) is 66.3 Å². The van der Waals surface area contributed by atoms with Crippen molar-refractivity contribution in [3.05, 3.63) is 35.9 Å². The first kappa shape index (κ1) is 16.0. The third kappa shape index (κ3) is 3.24. The van der Waals surface area contributed by atoms with Crippen LogP contribution in [0.4, 0.5) is 0 Å². The first-order valence-electron chi connectivity index (χ1n) is 8.42. The number of hydrogen-bond acceptors (Lipinski definition) is 3.